The van der Waals surface area contributed by atoms with E-state index in [0.717, 1.165) is 13.0 Å². The average Bonchev–Trinajstić information content (AvgIpc) is 2.47. The third-order valence-corrected chi connectivity index (χ3v) is 3.56. The van der Waals surface area contributed by atoms with Crippen molar-refractivity contribution >= 4 is 5.69 Å². The second kappa shape index (κ2) is 8.95. The molecule has 0 radical (unpaired) electrons. The van der Waals surface area contributed by atoms with Crippen molar-refractivity contribution in [2.24, 2.45) is 5.73 Å². The van der Waals surface area contributed by atoms with Gasteiger partial charge in [0.2, 0.25) is 0 Å². The molecule has 0 saturated carbocycles. The van der Waals surface area contributed by atoms with Gasteiger partial charge in [-0.15, -0.1) is 0 Å². The Bertz CT molecular complexity index is 384. The predicted octanol–water partition coefficient (Wildman–Crippen LogP) is 2.58. The van der Waals surface area contributed by atoms with E-state index in [1.54, 1.807) is 14.2 Å². The minimum atomic E-state index is 0.0611. The van der Waals surface area contributed by atoms with Crippen LogP contribution in [0.2, 0.25) is 0 Å². The van der Waals surface area contributed by atoms with Crippen molar-refractivity contribution in [2.45, 2.75) is 32.4 Å². The lowest BCUT2D eigenvalue weighted by atomic mass is 10.0. The van der Waals surface area contributed by atoms with Crippen LogP contribution in [0.5, 0.6) is 0 Å². The van der Waals surface area contributed by atoms with Gasteiger partial charge in [0, 0.05) is 38.5 Å². The van der Waals surface area contributed by atoms with Gasteiger partial charge < -0.3 is 20.1 Å². The fourth-order valence-corrected chi connectivity index (χ4v) is 2.38. The van der Waals surface area contributed by atoms with Gasteiger partial charge in [0.15, 0.2) is 0 Å². The molecule has 1 unspecified atom stereocenters. The minimum Gasteiger partial charge on any atom is -0.383 e. The molecule has 4 nitrogen and oxygen atoms in total. The third-order valence-electron chi connectivity index (χ3n) is 3.56. The fraction of sp³-hybridized carbons (Fsp3) is 0.625. The Labute approximate surface area is 122 Å². The zero-order valence-electron chi connectivity index (χ0n) is 13.1. The van der Waals surface area contributed by atoms with E-state index < -0.39 is 0 Å². The summed E-state index contributed by atoms with van der Waals surface area (Å²) in [6, 6.07) is 8.69. The Kier molecular flexibility index (Phi) is 7.59. The lowest BCUT2D eigenvalue weighted by Gasteiger charge is -2.33. The largest absolute Gasteiger partial charge is 0.383 e. The van der Waals surface area contributed by atoms with Gasteiger partial charge >= 0.3 is 0 Å². The molecule has 0 aliphatic carbocycles. The first kappa shape index (κ1) is 17.0. The molecular weight excluding hydrogens is 252 g/mol. The summed E-state index contributed by atoms with van der Waals surface area (Å²) in [7, 11) is 3.46. The number of methoxy groups -OCH3 is 2. The smallest absolute Gasteiger partial charge is 0.0663 e. The van der Waals surface area contributed by atoms with E-state index in [0.29, 0.717) is 13.2 Å². The molecule has 0 spiro atoms. The Balaban J connectivity index is 3.05. The highest BCUT2D eigenvalue weighted by molar-refractivity contribution is 5.55. The van der Waals surface area contributed by atoms with Gasteiger partial charge in [0.1, 0.15) is 0 Å². The van der Waals surface area contributed by atoms with Crippen molar-refractivity contribution in [3.05, 3.63) is 29.8 Å². The summed E-state index contributed by atoms with van der Waals surface area (Å²) in [5.74, 6) is 0. The van der Waals surface area contributed by atoms with Gasteiger partial charge in [0.05, 0.1) is 13.2 Å². The molecule has 20 heavy (non-hydrogen) atoms. The highest BCUT2D eigenvalue weighted by atomic mass is 16.5. The predicted molar refractivity (Wildman–Crippen MR) is 84.2 cm³/mol. The number of rotatable bonds is 9. The van der Waals surface area contributed by atoms with Crippen LogP contribution in [0.4, 0.5) is 5.69 Å². The van der Waals surface area contributed by atoms with E-state index in [-0.39, 0.29) is 12.1 Å². The monoisotopic (exact) mass is 280 g/mol. The number of nitrogens with two attached hydrogens (primary N) is 1. The Morgan fingerprint density at radius 1 is 1.20 bits per heavy atom. The first-order valence-electron chi connectivity index (χ1n) is 7.24. The molecule has 0 heterocycles. The lowest BCUT2D eigenvalue weighted by Crippen LogP contribution is -2.39. The van der Waals surface area contributed by atoms with Crippen LogP contribution in [0.25, 0.3) is 0 Å². The van der Waals surface area contributed by atoms with Gasteiger partial charge in [-0.2, -0.15) is 0 Å². The van der Waals surface area contributed by atoms with Gasteiger partial charge in [-0.05, 0) is 25.0 Å². The summed E-state index contributed by atoms with van der Waals surface area (Å²) < 4.78 is 10.5. The van der Waals surface area contributed by atoms with Crippen molar-refractivity contribution in [2.75, 3.05) is 38.9 Å². The molecule has 0 amide bonds. The van der Waals surface area contributed by atoms with Crippen LogP contribution in [-0.2, 0) is 9.47 Å². The number of hydrogen-bond donors (Lipinski definition) is 1. The number of nitrogens with zero attached hydrogens (tertiary/aromatic N) is 1. The van der Waals surface area contributed by atoms with Crippen molar-refractivity contribution in [1.29, 1.82) is 0 Å². The summed E-state index contributed by atoms with van der Waals surface area (Å²) in [5, 5.41) is 0. The van der Waals surface area contributed by atoms with Crippen LogP contribution < -0.4 is 10.6 Å². The zero-order chi connectivity index (χ0) is 15.0. The number of ether oxygens (including phenoxy) is 2. The molecule has 4 heteroatoms. The molecule has 0 aromatic heterocycles. The fourth-order valence-electron chi connectivity index (χ4n) is 2.38. The summed E-state index contributed by atoms with van der Waals surface area (Å²) in [4.78, 5) is 2.32. The standard InChI is InChI=1S/C16H28N2O2/c1-5-15(17)14-8-6-7-9-16(14)18(10-11-19-3)13(2)12-20-4/h6-9,13,15H,5,10-12,17H2,1-4H3/t13?,15-/m1/s1. The first-order valence-corrected chi connectivity index (χ1v) is 7.24. The molecular formula is C16H28N2O2. The SMILES string of the molecule is CC[C@@H](N)c1ccccc1N(CCOC)C(C)COC. The second-order valence-corrected chi connectivity index (χ2v) is 5.06. The Morgan fingerprint density at radius 2 is 1.90 bits per heavy atom. The number of para-hydroxylation sites is 1. The number of hydrogen-bond acceptors (Lipinski definition) is 4. The molecule has 0 aliphatic rings. The number of anilines is 1. The van der Waals surface area contributed by atoms with Crippen molar-refractivity contribution in [3.8, 4) is 0 Å². The van der Waals surface area contributed by atoms with E-state index in [4.69, 9.17) is 15.2 Å². The van der Waals surface area contributed by atoms with Gasteiger partial charge in [-0.1, -0.05) is 25.1 Å². The van der Waals surface area contributed by atoms with E-state index in [9.17, 15) is 0 Å². The van der Waals surface area contributed by atoms with Gasteiger partial charge in [-0.25, -0.2) is 0 Å². The summed E-state index contributed by atoms with van der Waals surface area (Å²) in [5.41, 5.74) is 8.62. The Morgan fingerprint density at radius 3 is 2.50 bits per heavy atom. The lowest BCUT2D eigenvalue weighted by molar-refractivity contribution is 0.171. The topological polar surface area (TPSA) is 47.7 Å². The van der Waals surface area contributed by atoms with Gasteiger partial charge in [-0.3, -0.25) is 0 Å². The quantitative estimate of drug-likeness (QED) is 0.755. The molecule has 0 saturated heterocycles. The third kappa shape index (κ3) is 4.47. The van der Waals surface area contributed by atoms with Crippen LogP contribution in [-0.4, -0.2) is 40.0 Å². The zero-order valence-corrected chi connectivity index (χ0v) is 13.1. The Hall–Kier alpha value is -1.10. The second-order valence-electron chi connectivity index (χ2n) is 5.06. The first-order chi connectivity index (χ1) is 9.65. The maximum atomic E-state index is 6.25. The molecule has 0 aliphatic heterocycles. The molecule has 114 valence electrons. The van der Waals surface area contributed by atoms with Crippen LogP contribution in [0.3, 0.4) is 0 Å². The number of benzene rings is 1. The van der Waals surface area contributed by atoms with Crippen molar-refractivity contribution < 1.29 is 9.47 Å². The molecule has 1 aromatic carbocycles. The average molecular weight is 280 g/mol. The molecule has 1 rings (SSSR count). The minimum absolute atomic E-state index is 0.0611. The molecule has 0 fully saturated rings. The van der Waals surface area contributed by atoms with Gasteiger partial charge in [0.25, 0.3) is 0 Å². The normalized spacial score (nSPS) is 14.1. The molecule has 1 aromatic rings. The van der Waals surface area contributed by atoms with Crippen LogP contribution in [0, 0.1) is 0 Å². The van der Waals surface area contributed by atoms with E-state index >= 15 is 0 Å². The van der Waals surface area contributed by atoms with E-state index in [1.807, 2.05) is 6.07 Å². The highest BCUT2D eigenvalue weighted by Gasteiger charge is 2.19. The summed E-state index contributed by atoms with van der Waals surface area (Å²) >= 11 is 0. The molecule has 2 N–H and O–H groups in total. The van der Waals surface area contributed by atoms with Crippen LogP contribution in [0.15, 0.2) is 24.3 Å². The highest BCUT2D eigenvalue weighted by Crippen LogP contribution is 2.28. The molecule has 0 bridgehead atoms. The van der Waals surface area contributed by atoms with Crippen LogP contribution >= 0.6 is 0 Å². The van der Waals surface area contributed by atoms with Crippen molar-refractivity contribution in [1.82, 2.24) is 0 Å². The van der Waals surface area contributed by atoms with E-state index in [2.05, 4.69) is 36.9 Å². The van der Waals surface area contributed by atoms with Crippen molar-refractivity contribution in [3.63, 3.8) is 0 Å². The summed E-state index contributed by atoms with van der Waals surface area (Å²) in [6.07, 6.45) is 0.924. The van der Waals surface area contributed by atoms with Crippen LogP contribution in [0.1, 0.15) is 31.9 Å². The molecule has 2 atom stereocenters. The summed E-state index contributed by atoms with van der Waals surface area (Å²) in [6.45, 7) is 6.46. The van der Waals surface area contributed by atoms with E-state index in [1.165, 1.54) is 11.3 Å². The maximum absolute atomic E-state index is 6.25. The maximum Gasteiger partial charge on any atom is 0.0663 e.